The first-order valence-corrected chi connectivity index (χ1v) is 12.5. The Balaban J connectivity index is 2.16. The van der Waals surface area contributed by atoms with Gasteiger partial charge < -0.3 is 9.05 Å². The fraction of sp³-hybridized carbons (Fsp3) is 0.368. The van der Waals surface area contributed by atoms with Crippen LogP contribution < -0.4 is 0 Å². The fourth-order valence-corrected chi connectivity index (χ4v) is 6.82. The Kier molecular flexibility index (Phi) is 9.35. The summed E-state index contributed by atoms with van der Waals surface area (Å²) < 4.78 is 15.8. The number of alkyl halides is 1. The number of hydrogen-bond acceptors (Lipinski definition) is 5. The van der Waals surface area contributed by atoms with Crippen molar-refractivity contribution < 1.29 is 13.8 Å². The van der Waals surface area contributed by atoms with Crippen molar-refractivity contribution in [1.82, 2.24) is 0 Å². The highest BCUT2D eigenvalue weighted by atomic mass is 35.5. The van der Waals surface area contributed by atoms with Crippen LogP contribution in [0.4, 0.5) is 4.79 Å². The average molecular weight is 427 g/mol. The number of carbonyl (C=O) groups is 1. The van der Waals surface area contributed by atoms with E-state index in [9.17, 15) is 4.79 Å². The maximum Gasteiger partial charge on any atom is 0.439 e. The SMILES string of the molecule is CCCSP(=NCCCl)(OCC)OC(=O)N=Cc1ccc2ccccc2c1. The van der Waals surface area contributed by atoms with Crippen molar-refractivity contribution in [2.75, 3.05) is 24.8 Å². The highest BCUT2D eigenvalue weighted by Gasteiger charge is 2.26. The Bertz CT molecular complexity index is 845. The third kappa shape index (κ3) is 6.96. The van der Waals surface area contributed by atoms with E-state index < -0.39 is 12.8 Å². The smallest absolute Gasteiger partial charge is 0.380 e. The maximum absolute atomic E-state index is 12.3. The normalized spacial score (nSPS) is 13.6. The molecule has 0 aliphatic rings. The molecule has 0 aliphatic heterocycles. The van der Waals surface area contributed by atoms with Crippen LogP contribution in [-0.2, 0) is 9.05 Å². The van der Waals surface area contributed by atoms with E-state index in [4.69, 9.17) is 20.6 Å². The number of carbonyl (C=O) groups excluding carboxylic acids is 1. The van der Waals surface area contributed by atoms with E-state index in [2.05, 4.69) is 16.7 Å². The predicted molar refractivity (Wildman–Crippen MR) is 117 cm³/mol. The van der Waals surface area contributed by atoms with E-state index in [1.54, 1.807) is 0 Å². The van der Waals surface area contributed by atoms with Gasteiger partial charge in [0.05, 0.1) is 13.2 Å². The van der Waals surface area contributed by atoms with E-state index in [1.165, 1.54) is 17.6 Å². The third-order valence-corrected chi connectivity index (χ3v) is 8.41. The Hall–Kier alpha value is -1.33. The van der Waals surface area contributed by atoms with Gasteiger partial charge in [0.25, 0.3) is 0 Å². The molecule has 2 aromatic rings. The third-order valence-electron chi connectivity index (χ3n) is 3.39. The lowest BCUT2D eigenvalue weighted by molar-refractivity contribution is 0.206. The lowest BCUT2D eigenvalue weighted by Crippen LogP contribution is -2.01. The minimum Gasteiger partial charge on any atom is -0.380 e. The number of aliphatic imine (C=N–C) groups is 1. The number of hydrogen-bond donors (Lipinski definition) is 0. The van der Waals surface area contributed by atoms with Crippen LogP contribution in [0.25, 0.3) is 10.8 Å². The van der Waals surface area contributed by atoms with Crippen LogP contribution in [-0.4, -0.2) is 37.1 Å². The molecule has 0 saturated heterocycles. The van der Waals surface area contributed by atoms with Gasteiger partial charge in [0, 0.05) is 17.8 Å². The van der Waals surface area contributed by atoms with Crippen molar-refractivity contribution in [3.8, 4) is 0 Å². The number of fused-ring (bicyclic) bond motifs is 1. The number of amides is 1. The van der Waals surface area contributed by atoms with Gasteiger partial charge in [-0.2, -0.15) is 4.99 Å². The van der Waals surface area contributed by atoms with E-state index >= 15 is 0 Å². The number of halogens is 1. The van der Waals surface area contributed by atoms with Crippen molar-refractivity contribution in [3.05, 3.63) is 48.0 Å². The molecular weight excluding hydrogens is 403 g/mol. The topological polar surface area (TPSA) is 60.2 Å². The Morgan fingerprint density at radius 3 is 2.70 bits per heavy atom. The predicted octanol–water partition coefficient (Wildman–Crippen LogP) is 6.76. The fourth-order valence-electron chi connectivity index (χ4n) is 2.27. The number of nitrogens with zero attached hydrogens (tertiary/aromatic N) is 2. The lowest BCUT2D eigenvalue weighted by Gasteiger charge is -2.21. The molecule has 0 aliphatic carbocycles. The van der Waals surface area contributed by atoms with E-state index in [0.29, 0.717) is 19.0 Å². The zero-order chi connectivity index (χ0) is 19.5. The molecule has 0 radical (unpaired) electrons. The molecule has 27 heavy (non-hydrogen) atoms. The Morgan fingerprint density at radius 1 is 1.22 bits per heavy atom. The summed E-state index contributed by atoms with van der Waals surface area (Å²) in [5.74, 6) is 1.13. The summed E-state index contributed by atoms with van der Waals surface area (Å²) in [4.78, 5) is 16.3. The van der Waals surface area contributed by atoms with Crippen molar-refractivity contribution in [3.63, 3.8) is 0 Å². The molecule has 0 heterocycles. The largest absolute Gasteiger partial charge is 0.439 e. The highest BCUT2D eigenvalue weighted by molar-refractivity contribution is 8.55. The Labute approximate surface area is 169 Å². The quantitative estimate of drug-likeness (QED) is 0.252. The molecule has 5 nitrogen and oxygen atoms in total. The van der Waals surface area contributed by atoms with Gasteiger partial charge in [-0.05, 0) is 47.1 Å². The first-order valence-electron chi connectivity index (χ1n) is 8.82. The first kappa shape index (κ1) is 22.0. The molecule has 1 unspecified atom stereocenters. The van der Waals surface area contributed by atoms with Gasteiger partial charge in [-0.3, -0.25) is 0 Å². The molecule has 8 heteroatoms. The summed E-state index contributed by atoms with van der Waals surface area (Å²) in [6.07, 6.45) is 1.72. The average Bonchev–Trinajstić information content (AvgIpc) is 2.69. The zero-order valence-corrected chi connectivity index (χ0v) is 18.0. The van der Waals surface area contributed by atoms with Crippen molar-refractivity contribution >= 4 is 52.8 Å². The monoisotopic (exact) mass is 426 g/mol. The first-order chi connectivity index (χ1) is 13.1. The molecule has 2 rings (SSSR count). The molecule has 0 N–H and O–H groups in total. The van der Waals surface area contributed by atoms with Gasteiger partial charge in [-0.15, -0.1) is 11.6 Å². The van der Waals surface area contributed by atoms with Gasteiger partial charge in [0.1, 0.15) is 0 Å². The maximum atomic E-state index is 12.3. The number of benzene rings is 2. The van der Waals surface area contributed by atoms with Crippen LogP contribution in [0.1, 0.15) is 25.8 Å². The van der Waals surface area contributed by atoms with E-state index in [0.717, 1.165) is 28.5 Å². The zero-order valence-electron chi connectivity index (χ0n) is 15.5. The van der Waals surface area contributed by atoms with Crippen LogP contribution in [0.2, 0.25) is 0 Å². The van der Waals surface area contributed by atoms with E-state index in [1.807, 2.05) is 49.4 Å². The minimum absolute atomic E-state index is 0.347. The van der Waals surface area contributed by atoms with E-state index in [-0.39, 0.29) is 0 Å². The molecule has 1 amide bonds. The molecule has 0 saturated carbocycles. The molecule has 2 aromatic carbocycles. The van der Waals surface area contributed by atoms with Crippen LogP contribution in [0, 0.1) is 0 Å². The molecule has 0 spiro atoms. The second-order valence-corrected chi connectivity index (χ2v) is 10.4. The summed E-state index contributed by atoms with van der Waals surface area (Å²) in [5, 5.41) is 2.22. The van der Waals surface area contributed by atoms with Crippen molar-refractivity contribution in [2.24, 2.45) is 9.74 Å². The lowest BCUT2D eigenvalue weighted by atomic mass is 10.1. The van der Waals surface area contributed by atoms with Crippen LogP contribution in [0.15, 0.2) is 52.2 Å². The van der Waals surface area contributed by atoms with Crippen LogP contribution >= 0.6 is 29.7 Å². The molecular formula is C19H24ClN2O3PS. The number of rotatable bonds is 9. The highest BCUT2D eigenvalue weighted by Crippen LogP contribution is 2.64. The summed E-state index contributed by atoms with van der Waals surface area (Å²) in [6, 6.07) is 13.9. The van der Waals surface area contributed by atoms with Gasteiger partial charge in [-0.1, -0.05) is 43.3 Å². The molecule has 1 atom stereocenters. The van der Waals surface area contributed by atoms with Crippen LogP contribution in [0.5, 0.6) is 0 Å². The molecule has 0 bridgehead atoms. The summed E-state index contributed by atoms with van der Waals surface area (Å²) in [5.41, 5.74) is 0.824. The molecule has 0 aromatic heterocycles. The Morgan fingerprint density at radius 2 is 2.00 bits per heavy atom. The second-order valence-electron chi connectivity index (χ2n) is 5.50. The van der Waals surface area contributed by atoms with Crippen molar-refractivity contribution in [2.45, 2.75) is 20.3 Å². The molecule has 146 valence electrons. The van der Waals surface area contributed by atoms with Crippen molar-refractivity contribution in [1.29, 1.82) is 0 Å². The second kappa shape index (κ2) is 11.5. The molecule has 0 fully saturated rings. The minimum atomic E-state index is -2.75. The summed E-state index contributed by atoms with van der Waals surface area (Å²) in [6.45, 7) is 1.92. The summed E-state index contributed by atoms with van der Waals surface area (Å²) >= 11 is 7.19. The summed E-state index contributed by atoms with van der Waals surface area (Å²) in [7, 11) is 0. The standard InChI is InChI=1S/C19H24ClN2O3PS/c1-3-13-27-26(24-4-2,22-12-11-20)25-19(23)21-15-16-9-10-17-7-5-6-8-18(17)14-16/h5-10,14-15H,3-4,11-13H2,1-2H3. The van der Waals surface area contributed by atoms with Crippen LogP contribution in [0.3, 0.4) is 0 Å². The van der Waals surface area contributed by atoms with Gasteiger partial charge in [-0.25, -0.2) is 9.54 Å². The van der Waals surface area contributed by atoms with Gasteiger partial charge in [0.15, 0.2) is 0 Å². The van der Waals surface area contributed by atoms with Gasteiger partial charge in [0.2, 0.25) is 0 Å². The van der Waals surface area contributed by atoms with Gasteiger partial charge >= 0.3 is 12.8 Å².